The van der Waals surface area contributed by atoms with Crippen LogP contribution in [-0.2, 0) is 4.79 Å². The molecule has 7 heteroatoms. The molecule has 2 amide bonds. The van der Waals surface area contributed by atoms with E-state index in [2.05, 4.69) is 5.10 Å². The number of ether oxygens (including phenoxy) is 1. The molecule has 2 aromatic carbocycles. The Morgan fingerprint density at radius 1 is 1.10 bits per heavy atom. The second-order valence-corrected chi connectivity index (χ2v) is 8.23. The molecule has 1 atom stereocenters. The SMILES string of the molecule is COc1ccc(C(=O)N(C)CC(=O)N2N=C(c3cccs3)CC2c2ccccc2)cc1. The van der Waals surface area contributed by atoms with E-state index < -0.39 is 0 Å². The number of hydrazone groups is 1. The van der Waals surface area contributed by atoms with E-state index in [1.54, 1.807) is 49.8 Å². The minimum atomic E-state index is -0.228. The molecule has 31 heavy (non-hydrogen) atoms. The van der Waals surface area contributed by atoms with Crippen molar-refractivity contribution in [3.63, 3.8) is 0 Å². The molecule has 0 radical (unpaired) electrons. The van der Waals surface area contributed by atoms with Crippen LogP contribution >= 0.6 is 11.3 Å². The first-order valence-corrected chi connectivity index (χ1v) is 10.8. The summed E-state index contributed by atoms with van der Waals surface area (Å²) in [6.45, 7) is -0.0601. The number of likely N-dealkylation sites (N-methyl/N-ethyl adjacent to an activating group) is 1. The number of carbonyl (C=O) groups is 2. The molecule has 1 aliphatic heterocycles. The highest BCUT2D eigenvalue weighted by Crippen LogP contribution is 2.33. The smallest absolute Gasteiger partial charge is 0.262 e. The van der Waals surface area contributed by atoms with Gasteiger partial charge in [-0.15, -0.1) is 11.3 Å². The lowest BCUT2D eigenvalue weighted by Gasteiger charge is -2.25. The molecule has 4 rings (SSSR count). The van der Waals surface area contributed by atoms with Crippen molar-refractivity contribution < 1.29 is 14.3 Å². The number of thiophene rings is 1. The van der Waals surface area contributed by atoms with Gasteiger partial charge >= 0.3 is 0 Å². The van der Waals surface area contributed by atoms with E-state index in [4.69, 9.17) is 4.74 Å². The molecule has 158 valence electrons. The van der Waals surface area contributed by atoms with Crippen LogP contribution in [0.3, 0.4) is 0 Å². The molecule has 0 spiro atoms. The van der Waals surface area contributed by atoms with Gasteiger partial charge in [-0.25, -0.2) is 5.01 Å². The Morgan fingerprint density at radius 3 is 2.48 bits per heavy atom. The second kappa shape index (κ2) is 9.14. The summed E-state index contributed by atoms with van der Waals surface area (Å²) in [5.41, 5.74) is 2.41. The molecule has 1 unspecified atom stereocenters. The van der Waals surface area contributed by atoms with E-state index >= 15 is 0 Å². The van der Waals surface area contributed by atoms with Crippen molar-refractivity contribution in [2.24, 2.45) is 5.10 Å². The van der Waals surface area contributed by atoms with E-state index in [0.29, 0.717) is 17.7 Å². The standard InChI is InChI=1S/C24H23N3O3S/c1-26(24(29)18-10-12-19(30-2)13-11-18)16-23(28)27-21(17-7-4-3-5-8-17)15-20(25-27)22-9-6-14-31-22/h3-14,21H,15-16H2,1-2H3. The Hall–Kier alpha value is -3.45. The number of benzene rings is 2. The van der Waals surface area contributed by atoms with Gasteiger partial charge in [0.15, 0.2) is 0 Å². The molecule has 2 heterocycles. The highest BCUT2D eigenvalue weighted by atomic mass is 32.1. The Morgan fingerprint density at radius 2 is 1.84 bits per heavy atom. The van der Waals surface area contributed by atoms with Gasteiger partial charge in [0.25, 0.3) is 11.8 Å². The average Bonchev–Trinajstić information content (AvgIpc) is 3.49. The van der Waals surface area contributed by atoms with Crippen LogP contribution in [0.1, 0.15) is 33.3 Å². The maximum absolute atomic E-state index is 13.2. The van der Waals surface area contributed by atoms with Crippen LogP contribution in [0.5, 0.6) is 5.75 Å². The van der Waals surface area contributed by atoms with Crippen LogP contribution in [-0.4, -0.2) is 48.1 Å². The number of rotatable bonds is 6. The fraction of sp³-hybridized carbons (Fsp3) is 0.208. The Bertz CT molecular complexity index is 1080. The summed E-state index contributed by atoms with van der Waals surface area (Å²) in [5, 5.41) is 8.18. The summed E-state index contributed by atoms with van der Waals surface area (Å²) in [7, 11) is 3.20. The van der Waals surface area contributed by atoms with Crippen molar-refractivity contribution >= 4 is 28.9 Å². The van der Waals surface area contributed by atoms with Crippen molar-refractivity contribution in [3.8, 4) is 5.75 Å². The van der Waals surface area contributed by atoms with Crippen molar-refractivity contribution in [2.45, 2.75) is 12.5 Å². The van der Waals surface area contributed by atoms with Gasteiger partial charge in [0.05, 0.1) is 23.7 Å². The number of nitrogens with zero attached hydrogens (tertiary/aromatic N) is 3. The summed E-state index contributed by atoms with van der Waals surface area (Å²) < 4.78 is 5.14. The van der Waals surface area contributed by atoms with Crippen LogP contribution in [0.15, 0.2) is 77.2 Å². The zero-order chi connectivity index (χ0) is 21.8. The lowest BCUT2D eigenvalue weighted by atomic mass is 10.0. The van der Waals surface area contributed by atoms with Crippen LogP contribution in [0, 0.1) is 0 Å². The number of amides is 2. The predicted molar refractivity (Wildman–Crippen MR) is 121 cm³/mol. The summed E-state index contributed by atoms with van der Waals surface area (Å²) in [4.78, 5) is 28.5. The summed E-state index contributed by atoms with van der Waals surface area (Å²) in [6.07, 6.45) is 0.645. The Balaban J connectivity index is 1.53. The lowest BCUT2D eigenvalue weighted by Crippen LogP contribution is -2.39. The zero-order valence-electron chi connectivity index (χ0n) is 17.4. The van der Waals surface area contributed by atoms with E-state index in [1.807, 2.05) is 47.8 Å². The van der Waals surface area contributed by atoms with Crippen molar-refractivity contribution in [2.75, 3.05) is 20.7 Å². The third-order valence-electron chi connectivity index (χ3n) is 5.21. The van der Waals surface area contributed by atoms with E-state index in [1.165, 1.54) is 9.91 Å². The summed E-state index contributed by atoms with van der Waals surface area (Å²) >= 11 is 1.61. The van der Waals surface area contributed by atoms with Crippen molar-refractivity contribution in [1.82, 2.24) is 9.91 Å². The maximum Gasteiger partial charge on any atom is 0.262 e. The molecule has 3 aromatic rings. The number of methoxy groups -OCH3 is 1. The summed E-state index contributed by atoms with van der Waals surface area (Å²) in [6, 6.07) is 20.5. The summed E-state index contributed by atoms with van der Waals surface area (Å²) in [5.74, 6) is 0.229. The van der Waals surface area contributed by atoms with E-state index in [0.717, 1.165) is 16.2 Å². The van der Waals surface area contributed by atoms with E-state index in [9.17, 15) is 9.59 Å². The second-order valence-electron chi connectivity index (χ2n) is 7.28. The minimum absolute atomic E-state index is 0.0601. The molecule has 1 aromatic heterocycles. The van der Waals surface area contributed by atoms with Crippen molar-refractivity contribution in [1.29, 1.82) is 0 Å². The monoisotopic (exact) mass is 433 g/mol. The third kappa shape index (κ3) is 4.51. The molecule has 1 aliphatic rings. The van der Waals surface area contributed by atoms with Gasteiger partial charge < -0.3 is 9.64 Å². The van der Waals surface area contributed by atoms with Crippen molar-refractivity contribution in [3.05, 3.63) is 88.1 Å². The quantitative estimate of drug-likeness (QED) is 0.585. The van der Waals surface area contributed by atoms with Gasteiger partial charge in [0.2, 0.25) is 0 Å². The largest absolute Gasteiger partial charge is 0.497 e. The van der Waals surface area contributed by atoms with Gasteiger partial charge in [-0.1, -0.05) is 36.4 Å². The number of hydrogen-bond donors (Lipinski definition) is 0. The van der Waals surface area contributed by atoms with Crippen LogP contribution in [0.25, 0.3) is 0 Å². The molecule has 0 saturated heterocycles. The molecule has 0 N–H and O–H groups in total. The van der Waals surface area contributed by atoms with Gasteiger partial charge in [-0.05, 0) is 41.3 Å². The fourth-order valence-corrected chi connectivity index (χ4v) is 4.29. The molecule has 6 nitrogen and oxygen atoms in total. The normalized spacial score (nSPS) is 15.5. The third-order valence-corrected chi connectivity index (χ3v) is 6.13. The molecule has 0 fully saturated rings. The van der Waals surface area contributed by atoms with Gasteiger partial charge in [0, 0.05) is 19.0 Å². The highest BCUT2D eigenvalue weighted by molar-refractivity contribution is 7.12. The predicted octanol–water partition coefficient (Wildman–Crippen LogP) is 4.21. The number of carbonyl (C=O) groups excluding carboxylic acids is 2. The average molecular weight is 434 g/mol. The van der Waals surface area contributed by atoms with Gasteiger partial charge in [-0.3, -0.25) is 9.59 Å². The Labute approximate surface area is 185 Å². The molecular weight excluding hydrogens is 410 g/mol. The van der Waals surface area contributed by atoms with Gasteiger partial charge in [-0.2, -0.15) is 5.10 Å². The Kier molecular flexibility index (Phi) is 6.13. The minimum Gasteiger partial charge on any atom is -0.497 e. The number of hydrogen-bond acceptors (Lipinski definition) is 5. The van der Waals surface area contributed by atoms with Crippen LogP contribution in [0.2, 0.25) is 0 Å². The zero-order valence-corrected chi connectivity index (χ0v) is 18.2. The molecule has 0 aliphatic carbocycles. The molecule has 0 bridgehead atoms. The first-order valence-electron chi connectivity index (χ1n) is 9.94. The fourth-order valence-electron chi connectivity index (χ4n) is 3.57. The first-order chi connectivity index (χ1) is 15.1. The lowest BCUT2D eigenvalue weighted by molar-refractivity contribution is -0.133. The highest BCUT2D eigenvalue weighted by Gasteiger charge is 2.34. The topological polar surface area (TPSA) is 62.2 Å². The first kappa shape index (κ1) is 20.8. The maximum atomic E-state index is 13.2. The van der Waals surface area contributed by atoms with Crippen LogP contribution < -0.4 is 4.74 Å². The van der Waals surface area contributed by atoms with Gasteiger partial charge in [0.1, 0.15) is 12.3 Å². The molecule has 0 saturated carbocycles. The van der Waals surface area contributed by atoms with E-state index in [-0.39, 0.29) is 24.4 Å². The molecular formula is C24H23N3O3S. The van der Waals surface area contributed by atoms with Crippen LogP contribution in [0.4, 0.5) is 0 Å².